The van der Waals surface area contributed by atoms with Crippen LogP contribution < -0.4 is 5.32 Å². The highest BCUT2D eigenvalue weighted by atomic mass is 79.9. The third kappa shape index (κ3) is 6.33. The normalized spacial score (nSPS) is 9.08. The van der Waals surface area contributed by atoms with Crippen molar-refractivity contribution < 1.29 is 14.3 Å². The van der Waals surface area contributed by atoms with Gasteiger partial charge in [0.2, 0.25) is 5.91 Å². The Morgan fingerprint density at radius 2 is 2.15 bits per heavy atom. The lowest BCUT2D eigenvalue weighted by molar-refractivity contribution is -0.140. The maximum atomic E-state index is 10.9. The van der Waals surface area contributed by atoms with Crippen molar-refractivity contribution in [1.29, 1.82) is 0 Å². The van der Waals surface area contributed by atoms with Crippen molar-refractivity contribution in [2.75, 3.05) is 18.5 Å². The Morgan fingerprint density at radius 3 is 2.62 bits per heavy atom. The standard InChI is InChI=1S/C8H12BrNO3/c1-6(2)8(12)10-3-4-13-7(11)5-9/h1,3-5H2,2H3,(H,10,12). The monoisotopic (exact) mass is 249 g/mol. The first-order valence-corrected chi connectivity index (χ1v) is 4.85. The number of alkyl halides is 1. The van der Waals surface area contributed by atoms with Crippen LogP contribution in [0, 0.1) is 0 Å². The fraction of sp³-hybridized carbons (Fsp3) is 0.500. The molecule has 0 radical (unpaired) electrons. The zero-order chi connectivity index (χ0) is 10.3. The lowest BCUT2D eigenvalue weighted by Gasteiger charge is -2.04. The van der Waals surface area contributed by atoms with Crippen LogP contribution in [0.5, 0.6) is 0 Å². The minimum absolute atomic E-state index is 0.168. The van der Waals surface area contributed by atoms with Crippen molar-refractivity contribution in [2.24, 2.45) is 0 Å². The molecule has 0 aliphatic carbocycles. The molecule has 0 aromatic carbocycles. The van der Waals surface area contributed by atoms with E-state index in [1.165, 1.54) is 0 Å². The molecule has 1 N–H and O–H groups in total. The molecule has 74 valence electrons. The highest BCUT2D eigenvalue weighted by molar-refractivity contribution is 9.09. The van der Waals surface area contributed by atoms with Gasteiger partial charge in [0.15, 0.2) is 0 Å². The van der Waals surface area contributed by atoms with E-state index in [0.717, 1.165) is 0 Å². The number of halogens is 1. The average molecular weight is 250 g/mol. The van der Waals surface area contributed by atoms with Crippen LogP contribution in [-0.4, -0.2) is 30.4 Å². The molecular formula is C8H12BrNO3. The van der Waals surface area contributed by atoms with E-state index in [1.807, 2.05) is 0 Å². The Hall–Kier alpha value is -0.840. The van der Waals surface area contributed by atoms with Gasteiger partial charge in [-0.15, -0.1) is 0 Å². The van der Waals surface area contributed by atoms with Gasteiger partial charge >= 0.3 is 5.97 Å². The van der Waals surface area contributed by atoms with Gasteiger partial charge in [-0.25, -0.2) is 0 Å². The molecule has 0 spiro atoms. The summed E-state index contributed by atoms with van der Waals surface area (Å²) in [5, 5.41) is 2.70. The molecule has 0 atom stereocenters. The predicted molar refractivity (Wildman–Crippen MR) is 52.6 cm³/mol. The minimum Gasteiger partial charge on any atom is -0.463 e. The number of ether oxygens (including phenoxy) is 1. The van der Waals surface area contributed by atoms with Crippen LogP contribution in [-0.2, 0) is 14.3 Å². The highest BCUT2D eigenvalue weighted by Crippen LogP contribution is 1.86. The second kappa shape index (κ2) is 6.65. The van der Waals surface area contributed by atoms with Crippen LogP contribution in [0.4, 0.5) is 0 Å². The summed E-state index contributed by atoms with van der Waals surface area (Å²) < 4.78 is 4.69. The SMILES string of the molecule is C=C(C)C(=O)NCCOC(=O)CBr. The molecule has 5 heteroatoms. The van der Waals surface area contributed by atoms with E-state index >= 15 is 0 Å². The lowest BCUT2D eigenvalue weighted by atomic mass is 10.3. The molecule has 0 unspecified atom stereocenters. The highest BCUT2D eigenvalue weighted by Gasteiger charge is 2.01. The summed E-state index contributed by atoms with van der Waals surface area (Å²) >= 11 is 2.94. The van der Waals surface area contributed by atoms with Crippen molar-refractivity contribution in [3.8, 4) is 0 Å². The zero-order valence-electron chi connectivity index (χ0n) is 7.43. The number of amides is 1. The van der Waals surface area contributed by atoms with Crippen LogP contribution >= 0.6 is 15.9 Å². The topological polar surface area (TPSA) is 55.4 Å². The molecule has 0 aliphatic rings. The second-order valence-electron chi connectivity index (χ2n) is 2.39. The Labute approximate surface area is 85.5 Å². The summed E-state index contributed by atoms with van der Waals surface area (Å²) in [6.45, 7) is 5.56. The van der Waals surface area contributed by atoms with Crippen molar-refractivity contribution in [2.45, 2.75) is 6.92 Å². The number of carbonyl (C=O) groups is 2. The Balaban J connectivity index is 3.41. The van der Waals surface area contributed by atoms with E-state index in [1.54, 1.807) is 6.92 Å². The maximum Gasteiger partial charge on any atom is 0.316 e. The summed E-state index contributed by atoms with van der Waals surface area (Å²) in [7, 11) is 0. The van der Waals surface area contributed by atoms with Crippen LogP contribution in [0.1, 0.15) is 6.92 Å². The van der Waals surface area contributed by atoms with E-state index in [4.69, 9.17) is 4.74 Å². The van der Waals surface area contributed by atoms with Gasteiger partial charge in [0.25, 0.3) is 0 Å². The van der Waals surface area contributed by atoms with E-state index < -0.39 is 0 Å². The van der Waals surface area contributed by atoms with Crippen LogP contribution in [0.25, 0.3) is 0 Å². The minimum atomic E-state index is -0.343. The van der Waals surface area contributed by atoms with E-state index in [-0.39, 0.29) is 23.8 Å². The third-order valence-electron chi connectivity index (χ3n) is 1.15. The van der Waals surface area contributed by atoms with Gasteiger partial charge in [-0.3, -0.25) is 9.59 Å². The molecule has 0 aromatic heterocycles. The van der Waals surface area contributed by atoms with Gasteiger partial charge in [0.1, 0.15) is 11.9 Å². The van der Waals surface area contributed by atoms with Crippen molar-refractivity contribution in [3.05, 3.63) is 12.2 Å². The molecule has 0 fully saturated rings. The van der Waals surface area contributed by atoms with Crippen LogP contribution in [0.3, 0.4) is 0 Å². The van der Waals surface area contributed by atoms with E-state index in [2.05, 4.69) is 27.8 Å². The molecule has 0 aliphatic heterocycles. The summed E-state index contributed by atoms with van der Waals surface area (Å²) in [6.07, 6.45) is 0. The molecule has 0 rings (SSSR count). The first-order valence-electron chi connectivity index (χ1n) is 3.73. The first kappa shape index (κ1) is 12.2. The molecule has 0 saturated carbocycles. The third-order valence-corrected chi connectivity index (χ3v) is 1.61. The van der Waals surface area contributed by atoms with Gasteiger partial charge in [0.05, 0.1) is 6.54 Å². The number of hydrogen-bond acceptors (Lipinski definition) is 3. The maximum absolute atomic E-state index is 10.9. The summed E-state index contributed by atoms with van der Waals surface area (Å²) in [6, 6.07) is 0. The van der Waals surface area contributed by atoms with Gasteiger partial charge in [0, 0.05) is 5.57 Å². The van der Waals surface area contributed by atoms with Gasteiger partial charge in [-0.2, -0.15) is 0 Å². The lowest BCUT2D eigenvalue weighted by Crippen LogP contribution is -2.28. The largest absolute Gasteiger partial charge is 0.463 e. The van der Waals surface area contributed by atoms with Gasteiger partial charge in [-0.1, -0.05) is 22.5 Å². The quantitative estimate of drug-likeness (QED) is 0.337. The molecule has 0 aromatic rings. The van der Waals surface area contributed by atoms with Crippen LogP contribution in [0.15, 0.2) is 12.2 Å². The molecule has 0 saturated heterocycles. The summed E-state index contributed by atoms with van der Waals surface area (Å²) in [5.74, 6) is -0.570. The average Bonchev–Trinajstić information content (AvgIpc) is 2.11. The number of nitrogens with one attached hydrogen (secondary N) is 1. The number of rotatable bonds is 5. The zero-order valence-corrected chi connectivity index (χ0v) is 9.02. The molecule has 0 bridgehead atoms. The second-order valence-corrected chi connectivity index (χ2v) is 2.95. The molecule has 1 amide bonds. The number of esters is 1. The van der Waals surface area contributed by atoms with Crippen molar-refractivity contribution in [1.82, 2.24) is 5.32 Å². The fourth-order valence-electron chi connectivity index (χ4n) is 0.519. The van der Waals surface area contributed by atoms with E-state index in [9.17, 15) is 9.59 Å². The molecule has 4 nitrogen and oxygen atoms in total. The fourth-order valence-corrected chi connectivity index (χ4v) is 0.681. The van der Waals surface area contributed by atoms with E-state index in [0.29, 0.717) is 12.1 Å². The van der Waals surface area contributed by atoms with Gasteiger partial charge < -0.3 is 10.1 Å². The predicted octanol–water partition coefficient (Wildman–Crippen LogP) is 0.617. The Bertz CT molecular complexity index is 215. The number of hydrogen-bond donors (Lipinski definition) is 1. The first-order chi connectivity index (χ1) is 6.07. The van der Waals surface area contributed by atoms with Gasteiger partial charge in [-0.05, 0) is 6.92 Å². The molecular weight excluding hydrogens is 238 g/mol. The summed E-state index contributed by atoms with van der Waals surface area (Å²) in [5.41, 5.74) is 0.437. The Kier molecular flexibility index (Phi) is 6.22. The van der Waals surface area contributed by atoms with Crippen molar-refractivity contribution >= 4 is 27.8 Å². The number of carbonyl (C=O) groups excluding carboxylic acids is 2. The summed E-state index contributed by atoms with van der Waals surface area (Å²) in [4.78, 5) is 21.5. The van der Waals surface area contributed by atoms with Crippen molar-refractivity contribution in [3.63, 3.8) is 0 Å². The Morgan fingerprint density at radius 1 is 1.54 bits per heavy atom. The van der Waals surface area contributed by atoms with Crippen LogP contribution in [0.2, 0.25) is 0 Å². The molecule has 0 heterocycles. The molecule has 13 heavy (non-hydrogen) atoms. The smallest absolute Gasteiger partial charge is 0.316 e.